The van der Waals surface area contributed by atoms with Crippen molar-refractivity contribution in [2.24, 2.45) is 0 Å². The predicted molar refractivity (Wildman–Crippen MR) is 146 cm³/mol. The van der Waals surface area contributed by atoms with Crippen LogP contribution >= 0.6 is 0 Å². The molecular formula is C28H29FN8O2. The molecule has 1 fully saturated rings. The molecule has 0 radical (unpaired) electrons. The number of nitrogens with two attached hydrogens (primary N) is 1. The molecule has 4 aromatic rings. The molecule has 0 bridgehead atoms. The van der Waals surface area contributed by atoms with Crippen molar-refractivity contribution in [2.45, 2.75) is 32.4 Å². The molecule has 2 aromatic carbocycles. The normalized spacial score (nSPS) is 15.0. The molecule has 0 amide bonds. The minimum atomic E-state index is -0.492. The largest absolute Gasteiger partial charge is 0.489 e. The predicted octanol–water partition coefficient (Wildman–Crippen LogP) is 4.25. The minimum Gasteiger partial charge on any atom is -0.489 e. The molecule has 2 aromatic heterocycles. The van der Waals surface area contributed by atoms with Gasteiger partial charge in [0.1, 0.15) is 53.5 Å². The molecule has 39 heavy (non-hydrogen) atoms. The number of benzene rings is 2. The van der Waals surface area contributed by atoms with Crippen LogP contribution in [0, 0.1) is 18.2 Å². The van der Waals surface area contributed by atoms with E-state index in [0.29, 0.717) is 34.3 Å². The molecule has 1 unspecified atom stereocenters. The molecular weight excluding hydrogens is 499 g/mol. The summed E-state index contributed by atoms with van der Waals surface area (Å²) in [5.74, 6) is 2.00. The van der Waals surface area contributed by atoms with Crippen LogP contribution in [-0.2, 0) is 6.61 Å². The quantitative estimate of drug-likeness (QED) is 0.234. The van der Waals surface area contributed by atoms with Gasteiger partial charge in [0.05, 0.1) is 11.3 Å². The van der Waals surface area contributed by atoms with Crippen molar-refractivity contribution >= 4 is 17.3 Å². The number of ether oxygens (including phenoxy) is 2. The highest BCUT2D eigenvalue weighted by Crippen LogP contribution is 2.29. The Morgan fingerprint density at radius 2 is 1.85 bits per heavy atom. The molecule has 11 heteroatoms. The molecule has 1 saturated heterocycles. The first-order valence-electron chi connectivity index (χ1n) is 12.6. The van der Waals surface area contributed by atoms with Gasteiger partial charge in [-0.2, -0.15) is 0 Å². The molecule has 5 N–H and O–H groups in total. The standard InChI is InChI=1S/C28H29FN8O2/c1-17-33-12-18(13-34-17)15-38-23-9-20(29)10-24(11-23)39-22-6-4-19(5-7-22)26(30)25-27(31)35-16-36-28(25)37-21-3-2-8-32-14-21/h4-7,9-13,16,21,30,32H,2-3,8,14-15H2,1H3,(H3,31,35,36,37). The highest BCUT2D eigenvalue weighted by Gasteiger charge is 2.20. The molecule has 10 nitrogen and oxygen atoms in total. The summed E-state index contributed by atoms with van der Waals surface area (Å²) in [6.45, 7) is 3.80. The Morgan fingerprint density at radius 1 is 1.08 bits per heavy atom. The van der Waals surface area contributed by atoms with Crippen molar-refractivity contribution in [3.05, 3.63) is 89.5 Å². The molecule has 0 spiro atoms. The third-order valence-electron chi connectivity index (χ3n) is 6.23. The van der Waals surface area contributed by atoms with Crippen molar-refractivity contribution in [1.82, 2.24) is 25.3 Å². The second-order valence-electron chi connectivity index (χ2n) is 9.22. The number of nitrogens with zero attached hydrogens (tertiary/aromatic N) is 4. The van der Waals surface area contributed by atoms with Gasteiger partial charge < -0.3 is 25.8 Å². The van der Waals surface area contributed by atoms with E-state index in [1.807, 2.05) is 0 Å². The van der Waals surface area contributed by atoms with E-state index in [-0.39, 0.29) is 29.9 Å². The Morgan fingerprint density at radius 3 is 2.59 bits per heavy atom. The maximum Gasteiger partial charge on any atom is 0.141 e. The number of aryl methyl sites for hydroxylation is 1. The molecule has 3 heterocycles. The summed E-state index contributed by atoms with van der Waals surface area (Å²) in [6, 6.07) is 11.3. The van der Waals surface area contributed by atoms with Gasteiger partial charge in [0.25, 0.3) is 0 Å². The van der Waals surface area contributed by atoms with E-state index in [4.69, 9.17) is 20.6 Å². The van der Waals surface area contributed by atoms with Gasteiger partial charge in [0, 0.05) is 54.3 Å². The lowest BCUT2D eigenvalue weighted by molar-refractivity contribution is 0.301. The van der Waals surface area contributed by atoms with Crippen LogP contribution in [0.1, 0.15) is 35.4 Å². The SMILES string of the molecule is Cc1ncc(COc2cc(F)cc(Oc3ccc(C(=N)c4c(N)ncnc4NC4CCCNC4)cc3)c2)cn1. The van der Waals surface area contributed by atoms with Gasteiger partial charge in [0.2, 0.25) is 0 Å². The van der Waals surface area contributed by atoms with E-state index >= 15 is 0 Å². The number of nitrogens with one attached hydrogen (secondary N) is 3. The van der Waals surface area contributed by atoms with E-state index < -0.39 is 5.82 Å². The molecule has 0 saturated carbocycles. The van der Waals surface area contributed by atoms with E-state index in [2.05, 4.69) is 30.6 Å². The molecule has 1 aliphatic heterocycles. The zero-order valence-corrected chi connectivity index (χ0v) is 21.4. The summed E-state index contributed by atoms with van der Waals surface area (Å²) in [7, 11) is 0. The van der Waals surface area contributed by atoms with Gasteiger partial charge in [-0.05, 0) is 50.6 Å². The van der Waals surface area contributed by atoms with E-state index in [1.165, 1.54) is 18.5 Å². The lowest BCUT2D eigenvalue weighted by Gasteiger charge is -2.25. The highest BCUT2D eigenvalue weighted by atomic mass is 19.1. The molecule has 1 atom stereocenters. The Kier molecular flexibility index (Phi) is 7.88. The molecule has 1 aliphatic rings. The zero-order chi connectivity index (χ0) is 27.2. The highest BCUT2D eigenvalue weighted by molar-refractivity contribution is 6.16. The van der Waals surface area contributed by atoms with E-state index in [1.54, 1.807) is 49.6 Å². The van der Waals surface area contributed by atoms with Crippen LogP contribution in [-0.4, -0.2) is 44.8 Å². The zero-order valence-electron chi connectivity index (χ0n) is 21.4. The number of halogens is 1. The fourth-order valence-corrected chi connectivity index (χ4v) is 4.23. The maximum absolute atomic E-state index is 14.3. The monoisotopic (exact) mass is 528 g/mol. The Hall–Kier alpha value is -4.64. The fourth-order valence-electron chi connectivity index (χ4n) is 4.23. The van der Waals surface area contributed by atoms with Gasteiger partial charge in [0.15, 0.2) is 0 Å². The number of piperidine rings is 1. The Balaban J connectivity index is 1.27. The van der Waals surface area contributed by atoms with Gasteiger partial charge in [-0.1, -0.05) is 0 Å². The molecule has 5 rings (SSSR count). The van der Waals surface area contributed by atoms with Crippen molar-refractivity contribution < 1.29 is 13.9 Å². The van der Waals surface area contributed by atoms with E-state index in [9.17, 15) is 4.39 Å². The average Bonchev–Trinajstić information content (AvgIpc) is 2.93. The number of nitrogen functional groups attached to an aromatic ring is 1. The lowest BCUT2D eigenvalue weighted by Crippen LogP contribution is -2.39. The number of hydrogen-bond donors (Lipinski definition) is 4. The van der Waals surface area contributed by atoms with Crippen LogP contribution in [0.4, 0.5) is 16.0 Å². The van der Waals surface area contributed by atoms with Gasteiger partial charge in [-0.15, -0.1) is 0 Å². The number of anilines is 2. The van der Waals surface area contributed by atoms with Crippen LogP contribution in [0.15, 0.2) is 61.2 Å². The first kappa shape index (κ1) is 26.0. The third-order valence-corrected chi connectivity index (χ3v) is 6.23. The molecule has 0 aliphatic carbocycles. The summed E-state index contributed by atoms with van der Waals surface area (Å²) in [5.41, 5.74) is 8.18. The topological polar surface area (TPSA) is 144 Å². The summed E-state index contributed by atoms with van der Waals surface area (Å²) in [6.07, 6.45) is 6.79. The van der Waals surface area contributed by atoms with Gasteiger partial charge in [-0.25, -0.2) is 24.3 Å². The fraction of sp³-hybridized carbons (Fsp3) is 0.250. The van der Waals surface area contributed by atoms with Crippen molar-refractivity contribution in [3.63, 3.8) is 0 Å². The first-order chi connectivity index (χ1) is 18.9. The third kappa shape index (κ3) is 6.63. The second-order valence-corrected chi connectivity index (χ2v) is 9.22. The smallest absolute Gasteiger partial charge is 0.141 e. The minimum absolute atomic E-state index is 0.187. The Labute approximate surface area is 225 Å². The van der Waals surface area contributed by atoms with Crippen molar-refractivity contribution in [2.75, 3.05) is 24.1 Å². The summed E-state index contributed by atoms with van der Waals surface area (Å²) in [4.78, 5) is 16.7. The van der Waals surface area contributed by atoms with Crippen LogP contribution in [0.3, 0.4) is 0 Å². The van der Waals surface area contributed by atoms with Crippen LogP contribution in [0.2, 0.25) is 0 Å². The molecule has 200 valence electrons. The van der Waals surface area contributed by atoms with Gasteiger partial charge >= 0.3 is 0 Å². The van der Waals surface area contributed by atoms with Crippen LogP contribution in [0.25, 0.3) is 0 Å². The Bertz CT molecular complexity index is 1440. The lowest BCUT2D eigenvalue weighted by atomic mass is 10.0. The van der Waals surface area contributed by atoms with Crippen LogP contribution in [0.5, 0.6) is 17.2 Å². The number of rotatable bonds is 9. The van der Waals surface area contributed by atoms with E-state index in [0.717, 1.165) is 31.5 Å². The summed E-state index contributed by atoms with van der Waals surface area (Å²) < 4.78 is 25.8. The summed E-state index contributed by atoms with van der Waals surface area (Å²) >= 11 is 0. The number of hydrogen-bond acceptors (Lipinski definition) is 10. The first-order valence-corrected chi connectivity index (χ1v) is 12.6. The number of aromatic nitrogens is 4. The van der Waals surface area contributed by atoms with Crippen molar-refractivity contribution in [1.29, 1.82) is 5.41 Å². The average molecular weight is 529 g/mol. The summed E-state index contributed by atoms with van der Waals surface area (Å²) in [5, 5.41) is 15.6. The maximum atomic E-state index is 14.3. The van der Waals surface area contributed by atoms with Gasteiger partial charge in [-0.3, -0.25) is 5.41 Å². The van der Waals surface area contributed by atoms with Crippen LogP contribution < -0.4 is 25.8 Å². The second kappa shape index (κ2) is 11.8. The van der Waals surface area contributed by atoms with Crippen molar-refractivity contribution in [3.8, 4) is 17.2 Å².